The third-order valence-corrected chi connectivity index (χ3v) is 8.85. The first-order valence-electron chi connectivity index (χ1n) is 11.8. The van der Waals surface area contributed by atoms with Crippen molar-refractivity contribution in [2.75, 3.05) is 7.11 Å². The highest BCUT2D eigenvalue weighted by Crippen LogP contribution is 2.55. The second-order valence-electron chi connectivity index (χ2n) is 11.1. The van der Waals surface area contributed by atoms with Gasteiger partial charge in [0.2, 0.25) is 5.91 Å². The molecule has 2 N–H and O–H groups in total. The Morgan fingerprint density at radius 2 is 2.13 bits per heavy atom. The summed E-state index contributed by atoms with van der Waals surface area (Å²) in [4.78, 5) is 19.1. The van der Waals surface area contributed by atoms with E-state index in [9.17, 15) is 9.90 Å². The first-order chi connectivity index (χ1) is 14.6. The molecule has 5 aliphatic rings. The molecule has 6 heteroatoms. The molecule has 5 nitrogen and oxygen atoms in total. The number of hydrogen-bond acceptors (Lipinski definition) is 3. The van der Waals surface area contributed by atoms with Crippen LogP contribution in [0.25, 0.3) is 11.1 Å². The fourth-order valence-electron chi connectivity index (χ4n) is 7.37. The van der Waals surface area contributed by atoms with Crippen LogP contribution in [0, 0.1) is 11.3 Å². The third-order valence-electron chi connectivity index (χ3n) is 8.45. The molecule has 0 aromatic carbocycles. The van der Waals surface area contributed by atoms with Gasteiger partial charge >= 0.3 is 0 Å². The Morgan fingerprint density at radius 3 is 2.87 bits per heavy atom. The molecule has 7 unspecified atom stereocenters. The number of aliphatic hydroxyl groups is 1. The molecule has 2 saturated heterocycles. The summed E-state index contributed by atoms with van der Waals surface area (Å²) in [6.45, 7) is 6.52. The summed E-state index contributed by atoms with van der Waals surface area (Å²) >= 11 is 6.76. The molecule has 0 radical (unpaired) electrons. The molecule has 1 aromatic heterocycles. The minimum Gasteiger partial charge on any atom is -0.390 e. The van der Waals surface area contributed by atoms with E-state index >= 15 is 0 Å². The average Bonchev–Trinajstić information content (AvgIpc) is 3.01. The fourth-order valence-corrected chi connectivity index (χ4v) is 7.87. The van der Waals surface area contributed by atoms with Crippen LogP contribution in [0.5, 0.6) is 0 Å². The number of amides is 1. The van der Waals surface area contributed by atoms with Gasteiger partial charge in [0.05, 0.1) is 16.7 Å². The average molecular weight is 447 g/mol. The summed E-state index contributed by atoms with van der Waals surface area (Å²) in [7, 11) is 1.69. The molecular weight excluding hydrogens is 412 g/mol. The molecule has 3 heterocycles. The largest absolute Gasteiger partial charge is 0.390 e. The van der Waals surface area contributed by atoms with Crippen LogP contribution in [0.15, 0.2) is 6.20 Å². The van der Waals surface area contributed by atoms with Gasteiger partial charge in [-0.05, 0) is 55.4 Å². The monoisotopic (exact) mass is 446 g/mol. The van der Waals surface area contributed by atoms with Crippen molar-refractivity contribution in [2.45, 2.75) is 95.4 Å². The van der Waals surface area contributed by atoms with Gasteiger partial charge in [0, 0.05) is 48.3 Å². The molecule has 1 aromatic rings. The number of ether oxygens (including phenoxy) is 1. The number of piperidine rings is 1. The van der Waals surface area contributed by atoms with Crippen molar-refractivity contribution in [3.63, 3.8) is 0 Å². The smallest absolute Gasteiger partial charge is 0.223 e. The van der Waals surface area contributed by atoms with Crippen molar-refractivity contribution in [2.24, 2.45) is 11.3 Å². The predicted octanol–water partition coefficient (Wildman–Crippen LogP) is 2.99. The van der Waals surface area contributed by atoms with E-state index < -0.39 is 5.60 Å². The summed E-state index contributed by atoms with van der Waals surface area (Å²) in [6.07, 6.45) is 9.91. The first kappa shape index (κ1) is 21.5. The predicted molar refractivity (Wildman–Crippen MR) is 122 cm³/mol. The number of nitrogens with one attached hydrogen (secondary N) is 1. The number of aromatic nitrogens is 1. The lowest BCUT2D eigenvalue weighted by atomic mass is 9.63. The molecule has 2 aliphatic heterocycles. The summed E-state index contributed by atoms with van der Waals surface area (Å²) in [5, 5.41) is 13.9. The molecule has 3 aliphatic carbocycles. The number of fused-ring (bicyclic) bond motifs is 2. The number of halogens is 1. The molecule has 7 atom stereocenters. The van der Waals surface area contributed by atoms with E-state index in [1.807, 2.05) is 6.20 Å². The maximum Gasteiger partial charge on any atom is 0.223 e. The number of H-pyrrole nitrogens is 1. The van der Waals surface area contributed by atoms with Crippen LogP contribution in [-0.4, -0.2) is 51.8 Å². The Hall–Kier alpha value is -1.30. The topological polar surface area (TPSA) is 65.6 Å². The van der Waals surface area contributed by atoms with Crippen molar-refractivity contribution in [3.05, 3.63) is 22.3 Å². The van der Waals surface area contributed by atoms with E-state index in [2.05, 4.69) is 36.7 Å². The second-order valence-corrected chi connectivity index (χ2v) is 11.5. The van der Waals surface area contributed by atoms with Crippen LogP contribution in [0.4, 0.5) is 0 Å². The molecule has 4 bridgehead atoms. The van der Waals surface area contributed by atoms with Gasteiger partial charge in [-0.15, -0.1) is 0 Å². The lowest BCUT2D eigenvalue weighted by molar-refractivity contribution is -0.149. The van der Waals surface area contributed by atoms with Crippen molar-refractivity contribution in [3.8, 4) is 0 Å². The molecule has 2 saturated carbocycles. The van der Waals surface area contributed by atoms with Crippen molar-refractivity contribution in [1.82, 2.24) is 9.88 Å². The quantitative estimate of drug-likeness (QED) is 0.747. The Morgan fingerprint density at radius 1 is 1.39 bits per heavy atom. The molecule has 6 rings (SSSR count). The SMILES string of the molecule is COC1C(Cl)=c2c(C(C)CC(=O)N3C4CCC5(O)CC3CC(C)(C4)C5)c[nH]c2=CC1C. The molecular formula is C25H35ClN2O3. The van der Waals surface area contributed by atoms with Gasteiger partial charge in [-0.25, -0.2) is 0 Å². The van der Waals surface area contributed by atoms with Gasteiger partial charge in [-0.3, -0.25) is 4.79 Å². The van der Waals surface area contributed by atoms with E-state index in [0.717, 1.165) is 59.7 Å². The standard InChI is InChI=1S/C25H35ClN2O3/c1-14(18-12-27-19-7-15(2)23(31-4)22(26)21(18)19)8-20(29)28-16-5-6-25(30)11-17(28)10-24(3,9-16)13-25/h7,12,14-17,23,27,30H,5-6,8-11,13H2,1-4H3. The number of carbonyl (C=O) groups excluding carboxylic acids is 1. The third kappa shape index (κ3) is 3.48. The molecule has 31 heavy (non-hydrogen) atoms. The van der Waals surface area contributed by atoms with Crippen LogP contribution < -0.4 is 10.6 Å². The lowest BCUT2D eigenvalue weighted by Crippen LogP contribution is -2.58. The summed E-state index contributed by atoms with van der Waals surface area (Å²) in [5.74, 6) is 0.472. The minimum atomic E-state index is -0.586. The van der Waals surface area contributed by atoms with Crippen molar-refractivity contribution < 1.29 is 14.6 Å². The highest BCUT2D eigenvalue weighted by atomic mass is 35.5. The Labute approximate surface area is 189 Å². The van der Waals surface area contributed by atoms with Gasteiger partial charge in [-0.2, -0.15) is 0 Å². The molecule has 170 valence electrons. The Bertz CT molecular complexity index is 1010. The zero-order valence-electron chi connectivity index (χ0n) is 19.1. The Kier molecular flexibility index (Phi) is 5.11. The van der Waals surface area contributed by atoms with E-state index in [-0.39, 0.29) is 41.3 Å². The molecule has 1 amide bonds. The summed E-state index contributed by atoms with van der Waals surface area (Å²) in [5.41, 5.74) is 0.675. The number of aromatic amines is 1. The van der Waals surface area contributed by atoms with Gasteiger partial charge < -0.3 is 19.7 Å². The maximum absolute atomic E-state index is 13.6. The normalized spacial score (nSPS) is 39.8. The zero-order valence-corrected chi connectivity index (χ0v) is 19.8. The molecule has 0 spiro atoms. The van der Waals surface area contributed by atoms with Crippen LogP contribution in [0.1, 0.15) is 77.2 Å². The maximum atomic E-state index is 13.6. The number of nitrogens with zero attached hydrogens (tertiary/aromatic N) is 1. The lowest BCUT2D eigenvalue weighted by Gasteiger charge is -2.54. The van der Waals surface area contributed by atoms with Gasteiger partial charge in [0.25, 0.3) is 0 Å². The highest BCUT2D eigenvalue weighted by molar-refractivity contribution is 6.46. The van der Waals surface area contributed by atoms with E-state index in [1.54, 1.807) is 7.11 Å². The minimum absolute atomic E-state index is 0.0535. The first-order valence-corrected chi connectivity index (χ1v) is 12.2. The Balaban J connectivity index is 1.41. The number of hydrogen-bond donors (Lipinski definition) is 2. The van der Waals surface area contributed by atoms with Crippen LogP contribution in [0.3, 0.4) is 0 Å². The van der Waals surface area contributed by atoms with E-state index in [1.165, 1.54) is 0 Å². The highest BCUT2D eigenvalue weighted by Gasteiger charge is 2.56. The molecule has 4 fully saturated rings. The van der Waals surface area contributed by atoms with Crippen molar-refractivity contribution >= 4 is 28.6 Å². The van der Waals surface area contributed by atoms with Gasteiger partial charge in [-0.1, -0.05) is 38.4 Å². The van der Waals surface area contributed by atoms with Crippen LogP contribution in [0.2, 0.25) is 0 Å². The van der Waals surface area contributed by atoms with E-state index in [0.29, 0.717) is 6.42 Å². The summed E-state index contributed by atoms with van der Waals surface area (Å²) in [6, 6.07) is 0.439. The van der Waals surface area contributed by atoms with Gasteiger partial charge in [0.1, 0.15) is 0 Å². The summed E-state index contributed by atoms with van der Waals surface area (Å²) < 4.78 is 5.64. The number of methoxy groups -OCH3 is 1. The van der Waals surface area contributed by atoms with Crippen LogP contribution in [-0.2, 0) is 9.53 Å². The van der Waals surface area contributed by atoms with Crippen LogP contribution >= 0.6 is 11.6 Å². The number of carbonyl (C=O) groups is 1. The van der Waals surface area contributed by atoms with Gasteiger partial charge in [0.15, 0.2) is 0 Å². The second kappa shape index (κ2) is 7.36. The van der Waals surface area contributed by atoms with E-state index in [4.69, 9.17) is 16.3 Å². The van der Waals surface area contributed by atoms with Crippen molar-refractivity contribution in [1.29, 1.82) is 0 Å². The fraction of sp³-hybridized carbons (Fsp3) is 0.720. The number of rotatable bonds is 4. The zero-order chi connectivity index (χ0) is 22.1.